The lowest BCUT2D eigenvalue weighted by Crippen LogP contribution is -2.46. The van der Waals surface area contributed by atoms with Crippen molar-refractivity contribution in [2.45, 2.75) is 18.9 Å². The maximum absolute atomic E-state index is 13.4. The summed E-state index contributed by atoms with van der Waals surface area (Å²) in [6, 6.07) is 21.9. The van der Waals surface area contributed by atoms with Crippen LogP contribution in [-0.2, 0) is 16.0 Å². The summed E-state index contributed by atoms with van der Waals surface area (Å²) in [5.41, 5.74) is 1.90. The number of ether oxygens (including phenoxy) is 1. The molecule has 3 aromatic carbocycles. The van der Waals surface area contributed by atoms with E-state index >= 15 is 0 Å². The van der Waals surface area contributed by atoms with Crippen LogP contribution >= 0.6 is 11.6 Å². The topological polar surface area (TPSA) is 66.9 Å². The normalized spacial score (nSPS) is 15.6. The molecule has 3 amide bonds. The van der Waals surface area contributed by atoms with Gasteiger partial charge in [-0.15, -0.1) is 0 Å². The van der Waals surface area contributed by atoms with E-state index in [1.165, 1.54) is 9.80 Å². The highest BCUT2D eigenvalue weighted by molar-refractivity contribution is 6.30. The number of hydrogen-bond donors (Lipinski definition) is 0. The maximum atomic E-state index is 13.4. The Kier molecular flexibility index (Phi) is 6.75. The molecule has 1 heterocycles. The van der Waals surface area contributed by atoms with Crippen LogP contribution in [0.25, 0.3) is 0 Å². The van der Waals surface area contributed by atoms with Gasteiger partial charge in [0.05, 0.1) is 19.2 Å². The van der Waals surface area contributed by atoms with Crippen molar-refractivity contribution >= 4 is 35.0 Å². The summed E-state index contributed by atoms with van der Waals surface area (Å²) in [6.45, 7) is 0.278. The third-order valence-electron chi connectivity index (χ3n) is 5.67. The van der Waals surface area contributed by atoms with Crippen molar-refractivity contribution in [2.75, 3.05) is 18.6 Å². The van der Waals surface area contributed by atoms with Gasteiger partial charge < -0.3 is 9.64 Å². The van der Waals surface area contributed by atoms with Gasteiger partial charge in [-0.3, -0.25) is 14.4 Å². The molecule has 7 heteroatoms. The van der Waals surface area contributed by atoms with E-state index in [1.807, 2.05) is 30.3 Å². The molecule has 33 heavy (non-hydrogen) atoms. The number of rotatable bonds is 7. The van der Waals surface area contributed by atoms with E-state index < -0.39 is 11.9 Å². The number of carbonyl (C=O) groups is 3. The first-order valence-electron chi connectivity index (χ1n) is 10.6. The molecule has 1 fully saturated rings. The Labute approximate surface area is 197 Å². The van der Waals surface area contributed by atoms with Crippen molar-refractivity contribution in [3.63, 3.8) is 0 Å². The van der Waals surface area contributed by atoms with E-state index in [1.54, 1.807) is 55.6 Å². The lowest BCUT2D eigenvalue weighted by molar-refractivity contribution is -0.122. The second kappa shape index (κ2) is 9.88. The number of para-hydroxylation sites is 1. The smallest absolute Gasteiger partial charge is 0.257 e. The predicted octanol–water partition coefficient (Wildman–Crippen LogP) is 4.37. The fourth-order valence-electron chi connectivity index (χ4n) is 3.91. The molecule has 0 radical (unpaired) electrons. The average molecular weight is 463 g/mol. The highest BCUT2D eigenvalue weighted by Crippen LogP contribution is 2.27. The summed E-state index contributed by atoms with van der Waals surface area (Å²) < 4.78 is 5.20. The minimum atomic E-state index is -0.876. The molecule has 0 N–H and O–H groups in total. The minimum absolute atomic E-state index is 0.0599. The van der Waals surface area contributed by atoms with Crippen molar-refractivity contribution in [3.05, 3.63) is 95.0 Å². The van der Waals surface area contributed by atoms with E-state index in [0.717, 1.165) is 11.3 Å². The van der Waals surface area contributed by atoms with Gasteiger partial charge in [0.2, 0.25) is 5.91 Å². The summed E-state index contributed by atoms with van der Waals surface area (Å²) in [6.07, 6.45) is 0.461. The summed E-state index contributed by atoms with van der Waals surface area (Å²) in [5.74, 6) is -0.304. The SMILES string of the molecule is COc1ccc(CCN(C(=O)c2ccc(Cl)cc2)[C@H]2CC(=O)N(c3ccccc3)C2=O)cc1. The van der Waals surface area contributed by atoms with Crippen LogP contribution in [0.1, 0.15) is 22.3 Å². The number of nitrogens with zero attached hydrogens (tertiary/aromatic N) is 2. The molecule has 3 aromatic rings. The number of hydrogen-bond acceptors (Lipinski definition) is 4. The van der Waals surface area contributed by atoms with Gasteiger partial charge in [0.1, 0.15) is 11.8 Å². The maximum Gasteiger partial charge on any atom is 0.257 e. The zero-order valence-corrected chi connectivity index (χ0v) is 18.9. The first kappa shape index (κ1) is 22.6. The Bertz CT molecular complexity index is 1150. The largest absolute Gasteiger partial charge is 0.497 e. The average Bonchev–Trinajstić information content (AvgIpc) is 3.14. The number of methoxy groups -OCH3 is 1. The number of amides is 3. The first-order valence-corrected chi connectivity index (χ1v) is 11.0. The molecule has 4 rings (SSSR count). The molecule has 1 atom stereocenters. The second-order valence-corrected chi connectivity index (χ2v) is 8.16. The summed E-state index contributed by atoms with van der Waals surface area (Å²) in [5, 5.41) is 0.513. The summed E-state index contributed by atoms with van der Waals surface area (Å²) in [7, 11) is 1.60. The minimum Gasteiger partial charge on any atom is -0.497 e. The molecule has 0 aromatic heterocycles. The fraction of sp³-hybridized carbons (Fsp3) is 0.192. The van der Waals surface area contributed by atoms with Crippen LogP contribution in [0.4, 0.5) is 5.69 Å². The van der Waals surface area contributed by atoms with Gasteiger partial charge in [-0.2, -0.15) is 0 Å². The van der Waals surface area contributed by atoms with Gasteiger partial charge in [0, 0.05) is 17.1 Å². The highest BCUT2D eigenvalue weighted by atomic mass is 35.5. The third-order valence-corrected chi connectivity index (χ3v) is 5.92. The third kappa shape index (κ3) is 4.91. The van der Waals surface area contributed by atoms with Gasteiger partial charge in [0.15, 0.2) is 0 Å². The van der Waals surface area contributed by atoms with Crippen molar-refractivity contribution < 1.29 is 19.1 Å². The molecule has 0 aliphatic carbocycles. The number of anilines is 1. The molecule has 0 spiro atoms. The van der Waals surface area contributed by atoms with Crippen molar-refractivity contribution in [3.8, 4) is 5.75 Å². The molecule has 1 saturated heterocycles. The van der Waals surface area contributed by atoms with Crippen LogP contribution < -0.4 is 9.64 Å². The number of carbonyl (C=O) groups excluding carboxylic acids is 3. The van der Waals surface area contributed by atoms with Crippen molar-refractivity contribution in [1.82, 2.24) is 4.90 Å². The standard InChI is InChI=1S/C26H23ClN2O4/c1-33-22-13-7-18(8-14-22)15-16-28(25(31)19-9-11-20(27)12-10-19)23-17-24(30)29(26(23)32)21-5-3-2-4-6-21/h2-14,23H,15-17H2,1H3/t23-/m0/s1. The molecule has 0 unspecified atom stereocenters. The predicted molar refractivity (Wildman–Crippen MR) is 127 cm³/mol. The quantitative estimate of drug-likeness (QED) is 0.489. The van der Waals surface area contributed by atoms with E-state index in [4.69, 9.17) is 16.3 Å². The zero-order valence-electron chi connectivity index (χ0n) is 18.1. The fourth-order valence-corrected chi connectivity index (χ4v) is 4.03. The monoisotopic (exact) mass is 462 g/mol. The Morgan fingerprint density at radius 3 is 2.30 bits per heavy atom. The van der Waals surface area contributed by atoms with Gasteiger partial charge in [-0.25, -0.2) is 4.90 Å². The molecular weight excluding hydrogens is 440 g/mol. The van der Waals surface area contributed by atoms with E-state index in [0.29, 0.717) is 22.7 Å². The molecule has 0 bridgehead atoms. The first-order chi connectivity index (χ1) is 16.0. The van der Waals surface area contributed by atoms with Gasteiger partial charge in [-0.05, 0) is 60.5 Å². The van der Waals surface area contributed by atoms with Crippen molar-refractivity contribution in [1.29, 1.82) is 0 Å². The Balaban J connectivity index is 1.61. The number of imide groups is 1. The van der Waals surface area contributed by atoms with Crippen LogP contribution in [0.15, 0.2) is 78.9 Å². The molecule has 168 valence electrons. The zero-order chi connectivity index (χ0) is 23.4. The highest BCUT2D eigenvalue weighted by Gasteiger charge is 2.44. The molecular formula is C26H23ClN2O4. The Hall–Kier alpha value is -3.64. The van der Waals surface area contributed by atoms with E-state index in [-0.39, 0.29) is 24.8 Å². The van der Waals surface area contributed by atoms with E-state index in [9.17, 15) is 14.4 Å². The molecule has 0 saturated carbocycles. The lowest BCUT2D eigenvalue weighted by atomic mass is 10.1. The van der Waals surface area contributed by atoms with Crippen LogP contribution in [0.5, 0.6) is 5.75 Å². The Morgan fingerprint density at radius 2 is 1.67 bits per heavy atom. The summed E-state index contributed by atoms with van der Waals surface area (Å²) >= 11 is 5.98. The number of benzene rings is 3. The lowest BCUT2D eigenvalue weighted by Gasteiger charge is -2.28. The summed E-state index contributed by atoms with van der Waals surface area (Å²) in [4.78, 5) is 42.2. The van der Waals surface area contributed by atoms with Crippen LogP contribution in [0.2, 0.25) is 5.02 Å². The second-order valence-electron chi connectivity index (χ2n) is 7.73. The van der Waals surface area contributed by atoms with Crippen molar-refractivity contribution in [2.24, 2.45) is 0 Å². The van der Waals surface area contributed by atoms with Gasteiger partial charge >= 0.3 is 0 Å². The van der Waals surface area contributed by atoms with Gasteiger partial charge in [-0.1, -0.05) is 41.9 Å². The van der Waals surface area contributed by atoms with E-state index in [2.05, 4.69) is 0 Å². The number of halogens is 1. The molecule has 6 nitrogen and oxygen atoms in total. The Morgan fingerprint density at radius 1 is 1.00 bits per heavy atom. The molecule has 1 aliphatic heterocycles. The van der Waals surface area contributed by atoms with Crippen LogP contribution in [-0.4, -0.2) is 42.3 Å². The van der Waals surface area contributed by atoms with Crippen LogP contribution in [0, 0.1) is 0 Å². The molecule has 1 aliphatic rings. The van der Waals surface area contributed by atoms with Gasteiger partial charge in [0.25, 0.3) is 11.8 Å². The van der Waals surface area contributed by atoms with Crippen LogP contribution in [0.3, 0.4) is 0 Å².